The van der Waals surface area contributed by atoms with Gasteiger partial charge in [-0.3, -0.25) is 4.79 Å². The van der Waals surface area contributed by atoms with E-state index in [1.54, 1.807) is 12.1 Å². The minimum Gasteiger partial charge on any atom is -0.351 e. The number of hydrogen-bond donors (Lipinski definition) is 1. The van der Waals surface area contributed by atoms with E-state index >= 15 is 0 Å². The Morgan fingerprint density at radius 2 is 1.59 bits per heavy atom. The molecule has 0 aliphatic heterocycles. The molecule has 0 spiro atoms. The molecule has 22 heavy (non-hydrogen) atoms. The van der Waals surface area contributed by atoms with Crippen LogP contribution in [-0.4, -0.2) is 12.5 Å². The van der Waals surface area contributed by atoms with Crippen molar-refractivity contribution in [1.29, 1.82) is 0 Å². The van der Waals surface area contributed by atoms with Crippen molar-refractivity contribution in [2.75, 3.05) is 6.54 Å². The first-order valence-electron chi connectivity index (χ1n) is 7.00. The molecule has 2 aromatic carbocycles. The quantitative estimate of drug-likeness (QED) is 0.919. The number of halogens is 3. The molecule has 2 nitrogen and oxygen atoms in total. The fourth-order valence-corrected chi connectivity index (χ4v) is 2.57. The van der Waals surface area contributed by atoms with E-state index in [-0.39, 0.29) is 17.8 Å². The van der Waals surface area contributed by atoms with Crippen LogP contribution in [0.2, 0.25) is 0 Å². The van der Waals surface area contributed by atoms with Gasteiger partial charge in [0.2, 0.25) is 0 Å². The third-order valence-electron chi connectivity index (χ3n) is 4.09. The molecular weight excluding hydrogens is 291 g/mol. The molecule has 1 N–H and O–H groups in total. The van der Waals surface area contributed by atoms with Crippen LogP contribution in [0.5, 0.6) is 0 Å². The van der Waals surface area contributed by atoms with Gasteiger partial charge in [-0.1, -0.05) is 18.2 Å². The second-order valence-corrected chi connectivity index (χ2v) is 5.57. The van der Waals surface area contributed by atoms with Crippen LogP contribution >= 0.6 is 0 Å². The number of carbonyl (C=O) groups is 1. The summed E-state index contributed by atoms with van der Waals surface area (Å²) in [6.45, 7) is 0.269. The average molecular weight is 305 g/mol. The van der Waals surface area contributed by atoms with Crippen LogP contribution in [0.15, 0.2) is 42.5 Å². The Hall–Kier alpha value is -2.30. The number of benzene rings is 2. The summed E-state index contributed by atoms with van der Waals surface area (Å²) in [6.07, 6.45) is 1.69. The highest BCUT2D eigenvalue weighted by Crippen LogP contribution is 2.47. The van der Waals surface area contributed by atoms with Gasteiger partial charge in [0.15, 0.2) is 0 Å². The highest BCUT2D eigenvalue weighted by molar-refractivity contribution is 5.94. The molecule has 0 unspecified atom stereocenters. The lowest BCUT2D eigenvalue weighted by Crippen LogP contribution is -2.33. The fourth-order valence-electron chi connectivity index (χ4n) is 2.57. The summed E-state index contributed by atoms with van der Waals surface area (Å²) in [5, 5.41) is 2.58. The van der Waals surface area contributed by atoms with Crippen LogP contribution in [-0.2, 0) is 5.41 Å². The zero-order valence-electron chi connectivity index (χ0n) is 11.7. The summed E-state index contributed by atoms with van der Waals surface area (Å²) in [5.41, 5.74) is 0.0890. The van der Waals surface area contributed by atoms with Crippen molar-refractivity contribution in [2.24, 2.45) is 0 Å². The van der Waals surface area contributed by atoms with Crippen molar-refractivity contribution < 1.29 is 18.0 Å². The molecule has 1 amide bonds. The van der Waals surface area contributed by atoms with Gasteiger partial charge in [0.05, 0.1) is 0 Å². The standard InChI is InChI=1S/C17H14F3NO/c18-12-6-4-11(5-7-12)17(8-9-17)10-21-16(22)15-13(19)2-1-3-14(15)20/h1-7H,8-10H2,(H,21,22). The number of amides is 1. The molecule has 0 bridgehead atoms. The third-order valence-corrected chi connectivity index (χ3v) is 4.09. The molecule has 1 aliphatic rings. The lowest BCUT2D eigenvalue weighted by atomic mass is 9.96. The van der Waals surface area contributed by atoms with Crippen LogP contribution in [0.1, 0.15) is 28.8 Å². The van der Waals surface area contributed by atoms with E-state index in [1.807, 2.05) is 0 Å². The van der Waals surface area contributed by atoms with Crippen LogP contribution in [0.4, 0.5) is 13.2 Å². The van der Waals surface area contributed by atoms with E-state index in [1.165, 1.54) is 18.2 Å². The maximum absolute atomic E-state index is 13.6. The molecule has 1 fully saturated rings. The van der Waals surface area contributed by atoms with Gasteiger partial charge in [-0.05, 0) is 42.7 Å². The van der Waals surface area contributed by atoms with Crippen LogP contribution < -0.4 is 5.32 Å². The van der Waals surface area contributed by atoms with Gasteiger partial charge >= 0.3 is 0 Å². The van der Waals surface area contributed by atoms with Gasteiger partial charge in [0.25, 0.3) is 5.91 Å². The van der Waals surface area contributed by atoms with Crippen molar-refractivity contribution in [1.82, 2.24) is 5.32 Å². The first kappa shape index (κ1) is 14.6. The number of hydrogen-bond acceptors (Lipinski definition) is 1. The molecule has 0 heterocycles. The molecule has 5 heteroatoms. The van der Waals surface area contributed by atoms with Gasteiger partial charge in [-0.25, -0.2) is 13.2 Å². The van der Waals surface area contributed by atoms with Crippen molar-refractivity contribution in [2.45, 2.75) is 18.3 Å². The monoisotopic (exact) mass is 305 g/mol. The fraction of sp³-hybridized carbons (Fsp3) is 0.235. The predicted octanol–water partition coefficient (Wildman–Crippen LogP) is 3.57. The van der Waals surface area contributed by atoms with Crippen molar-refractivity contribution in [3.63, 3.8) is 0 Å². The Morgan fingerprint density at radius 1 is 1.00 bits per heavy atom. The zero-order valence-corrected chi connectivity index (χ0v) is 11.7. The summed E-state index contributed by atoms with van der Waals surface area (Å²) in [7, 11) is 0. The van der Waals surface area contributed by atoms with E-state index in [4.69, 9.17) is 0 Å². The molecule has 0 saturated heterocycles. The SMILES string of the molecule is O=C(NCC1(c2ccc(F)cc2)CC1)c1c(F)cccc1F. The second kappa shape index (κ2) is 5.48. The maximum atomic E-state index is 13.6. The summed E-state index contributed by atoms with van der Waals surface area (Å²) in [6, 6.07) is 9.40. The van der Waals surface area contributed by atoms with E-state index in [0.717, 1.165) is 30.5 Å². The Morgan fingerprint density at radius 3 is 2.14 bits per heavy atom. The Balaban J connectivity index is 1.72. The van der Waals surface area contributed by atoms with Gasteiger partial charge < -0.3 is 5.32 Å². The van der Waals surface area contributed by atoms with Crippen molar-refractivity contribution >= 4 is 5.91 Å². The minimum absolute atomic E-state index is 0.259. The average Bonchev–Trinajstić information content (AvgIpc) is 3.27. The van der Waals surface area contributed by atoms with Gasteiger partial charge in [-0.2, -0.15) is 0 Å². The van der Waals surface area contributed by atoms with Gasteiger partial charge in [0, 0.05) is 12.0 Å². The lowest BCUT2D eigenvalue weighted by molar-refractivity contribution is 0.0941. The molecule has 0 atom stereocenters. The zero-order chi connectivity index (χ0) is 15.7. The van der Waals surface area contributed by atoms with E-state index in [2.05, 4.69) is 5.32 Å². The number of rotatable bonds is 4. The topological polar surface area (TPSA) is 29.1 Å². The first-order chi connectivity index (χ1) is 10.5. The predicted molar refractivity (Wildman–Crippen MR) is 76.0 cm³/mol. The summed E-state index contributed by atoms with van der Waals surface area (Å²) >= 11 is 0. The van der Waals surface area contributed by atoms with Gasteiger partial charge in [0.1, 0.15) is 23.0 Å². The highest BCUT2D eigenvalue weighted by atomic mass is 19.1. The largest absolute Gasteiger partial charge is 0.351 e. The normalized spacial score (nSPS) is 15.4. The first-order valence-corrected chi connectivity index (χ1v) is 7.00. The van der Waals surface area contributed by atoms with Crippen molar-refractivity contribution in [3.05, 3.63) is 71.0 Å². The third kappa shape index (κ3) is 2.71. The number of nitrogens with one attached hydrogen (secondary N) is 1. The van der Waals surface area contributed by atoms with Crippen LogP contribution in [0.3, 0.4) is 0 Å². The van der Waals surface area contributed by atoms with E-state index in [9.17, 15) is 18.0 Å². The summed E-state index contributed by atoms with van der Waals surface area (Å²) in [5.74, 6) is -2.87. The molecule has 1 saturated carbocycles. The Labute approximate surface area is 126 Å². The summed E-state index contributed by atoms with van der Waals surface area (Å²) in [4.78, 5) is 12.0. The molecule has 2 aromatic rings. The number of carbonyl (C=O) groups excluding carboxylic acids is 1. The Bertz CT molecular complexity index is 688. The van der Waals surface area contributed by atoms with E-state index < -0.39 is 23.1 Å². The lowest BCUT2D eigenvalue weighted by Gasteiger charge is -2.17. The second-order valence-electron chi connectivity index (χ2n) is 5.57. The molecule has 1 aliphatic carbocycles. The molecule has 0 radical (unpaired) electrons. The molecular formula is C17H14F3NO. The summed E-state index contributed by atoms with van der Waals surface area (Å²) < 4.78 is 40.1. The molecule has 0 aromatic heterocycles. The molecule has 114 valence electrons. The minimum atomic E-state index is -0.885. The van der Waals surface area contributed by atoms with E-state index in [0.29, 0.717) is 0 Å². The Kier molecular flexibility index (Phi) is 3.64. The van der Waals surface area contributed by atoms with Crippen LogP contribution in [0.25, 0.3) is 0 Å². The van der Waals surface area contributed by atoms with Crippen LogP contribution in [0, 0.1) is 17.5 Å². The smallest absolute Gasteiger partial charge is 0.257 e. The maximum Gasteiger partial charge on any atom is 0.257 e. The highest BCUT2D eigenvalue weighted by Gasteiger charge is 2.44. The van der Waals surface area contributed by atoms with Crippen molar-refractivity contribution in [3.8, 4) is 0 Å². The molecule has 3 rings (SSSR count). The van der Waals surface area contributed by atoms with Gasteiger partial charge in [-0.15, -0.1) is 0 Å².